The summed E-state index contributed by atoms with van der Waals surface area (Å²) in [6, 6.07) is 17.1. The van der Waals surface area contributed by atoms with Gasteiger partial charge < -0.3 is 10.4 Å². The predicted molar refractivity (Wildman–Crippen MR) is 117 cm³/mol. The molecule has 1 heterocycles. The highest BCUT2D eigenvalue weighted by Crippen LogP contribution is 2.18. The fourth-order valence-corrected chi connectivity index (χ4v) is 3.42. The number of aromatic nitrogens is 2. The van der Waals surface area contributed by atoms with Crippen LogP contribution in [0.4, 0.5) is 0 Å². The molecule has 3 rings (SSSR count). The number of carbonyl (C=O) groups excluding carboxylic acids is 1. The number of hydrogen-bond acceptors (Lipinski definition) is 4. The van der Waals surface area contributed by atoms with Gasteiger partial charge in [0, 0.05) is 29.8 Å². The molecule has 0 spiro atoms. The van der Waals surface area contributed by atoms with E-state index >= 15 is 0 Å². The second-order valence-corrected chi connectivity index (χ2v) is 7.43. The van der Waals surface area contributed by atoms with Crippen molar-refractivity contribution in [3.05, 3.63) is 87.3 Å². The van der Waals surface area contributed by atoms with Gasteiger partial charge in [0.05, 0.1) is 6.04 Å². The fourth-order valence-electron chi connectivity index (χ4n) is 3.42. The molecule has 0 saturated heterocycles. The SMILES string of the molecule is Cc1ccc([C@@H](C)NC(=O)Cn2c(-c3ccccc3)nc(C)c(CCO)c2=O)cc1. The number of nitrogens with zero attached hydrogens (tertiary/aromatic N) is 2. The molecular weight excluding hydrogens is 378 g/mol. The van der Waals surface area contributed by atoms with E-state index in [0.29, 0.717) is 17.1 Å². The van der Waals surface area contributed by atoms with Gasteiger partial charge in [0.2, 0.25) is 5.91 Å². The van der Waals surface area contributed by atoms with Gasteiger partial charge in [-0.25, -0.2) is 4.98 Å². The Morgan fingerprint density at radius 1 is 1.10 bits per heavy atom. The predicted octanol–water partition coefficient (Wildman–Crippen LogP) is 2.94. The Labute approximate surface area is 176 Å². The van der Waals surface area contributed by atoms with Crippen LogP contribution in [0.3, 0.4) is 0 Å². The molecule has 0 aliphatic rings. The number of hydrogen-bond donors (Lipinski definition) is 2. The smallest absolute Gasteiger partial charge is 0.257 e. The molecular formula is C24H27N3O3. The van der Waals surface area contributed by atoms with E-state index < -0.39 is 0 Å². The molecule has 0 aliphatic heterocycles. The first-order valence-corrected chi connectivity index (χ1v) is 10.0. The molecule has 0 saturated carbocycles. The average molecular weight is 405 g/mol. The van der Waals surface area contributed by atoms with E-state index in [9.17, 15) is 14.7 Å². The number of rotatable bonds is 7. The van der Waals surface area contributed by atoms with Crippen LogP contribution in [0.15, 0.2) is 59.4 Å². The number of nitrogens with one attached hydrogen (secondary N) is 1. The summed E-state index contributed by atoms with van der Waals surface area (Å²) in [5, 5.41) is 12.3. The zero-order chi connectivity index (χ0) is 21.7. The summed E-state index contributed by atoms with van der Waals surface area (Å²) >= 11 is 0. The van der Waals surface area contributed by atoms with E-state index in [1.807, 2.05) is 68.4 Å². The van der Waals surface area contributed by atoms with Crippen molar-refractivity contribution in [3.63, 3.8) is 0 Å². The van der Waals surface area contributed by atoms with Crippen molar-refractivity contribution in [1.29, 1.82) is 0 Å². The van der Waals surface area contributed by atoms with Crippen molar-refractivity contribution in [3.8, 4) is 11.4 Å². The lowest BCUT2D eigenvalue weighted by Crippen LogP contribution is -2.36. The Kier molecular flexibility index (Phi) is 6.79. The molecule has 30 heavy (non-hydrogen) atoms. The highest BCUT2D eigenvalue weighted by Gasteiger charge is 2.18. The molecule has 1 atom stereocenters. The van der Waals surface area contributed by atoms with Gasteiger partial charge in [-0.2, -0.15) is 0 Å². The monoisotopic (exact) mass is 405 g/mol. The van der Waals surface area contributed by atoms with Gasteiger partial charge in [-0.1, -0.05) is 60.2 Å². The fraction of sp³-hybridized carbons (Fsp3) is 0.292. The van der Waals surface area contributed by atoms with Gasteiger partial charge in [0.25, 0.3) is 5.56 Å². The van der Waals surface area contributed by atoms with Gasteiger partial charge in [0.1, 0.15) is 12.4 Å². The van der Waals surface area contributed by atoms with Gasteiger partial charge in [-0.3, -0.25) is 14.2 Å². The van der Waals surface area contributed by atoms with Crippen LogP contribution in [0.25, 0.3) is 11.4 Å². The molecule has 156 valence electrons. The molecule has 0 aliphatic carbocycles. The average Bonchev–Trinajstić information content (AvgIpc) is 2.74. The first-order valence-electron chi connectivity index (χ1n) is 10.0. The van der Waals surface area contributed by atoms with Crippen LogP contribution >= 0.6 is 0 Å². The van der Waals surface area contributed by atoms with Crippen molar-refractivity contribution in [2.24, 2.45) is 0 Å². The van der Waals surface area contributed by atoms with Gasteiger partial charge in [-0.15, -0.1) is 0 Å². The number of aryl methyl sites for hydroxylation is 2. The molecule has 0 fully saturated rings. The van der Waals surface area contributed by atoms with Crippen LogP contribution < -0.4 is 10.9 Å². The molecule has 0 unspecified atom stereocenters. The van der Waals surface area contributed by atoms with E-state index in [1.165, 1.54) is 4.57 Å². The Morgan fingerprint density at radius 2 is 1.77 bits per heavy atom. The summed E-state index contributed by atoms with van der Waals surface area (Å²) in [6.07, 6.45) is 0.203. The topological polar surface area (TPSA) is 84.2 Å². The van der Waals surface area contributed by atoms with Crippen LogP contribution in [0.1, 0.15) is 35.3 Å². The molecule has 6 nitrogen and oxygen atoms in total. The minimum atomic E-state index is -0.298. The molecule has 2 N–H and O–H groups in total. The third kappa shape index (κ3) is 4.83. The van der Waals surface area contributed by atoms with Gasteiger partial charge in [0.15, 0.2) is 0 Å². The number of aliphatic hydroxyl groups excluding tert-OH is 1. The zero-order valence-corrected chi connectivity index (χ0v) is 17.6. The molecule has 3 aromatic rings. The Hall–Kier alpha value is -3.25. The van der Waals surface area contributed by atoms with E-state index in [4.69, 9.17) is 0 Å². The van der Waals surface area contributed by atoms with E-state index in [0.717, 1.165) is 16.7 Å². The summed E-state index contributed by atoms with van der Waals surface area (Å²) < 4.78 is 1.39. The number of carbonyl (C=O) groups is 1. The highest BCUT2D eigenvalue weighted by atomic mass is 16.3. The molecule has 1 aromatic heterocycles. The van der Waals surface area contributed by atoms with Crippen molar-refractivity contribution in [1.82, 2.24) is 14.9 Å². The first kappa shape index (κ1) is 21.5. The number of amides is 1. The lowest BCUT2D eigenvalue weighted by Gasteiger charge is -2.18. The maximum atomic E-state index is 13.1. The molecule has 6 heteroatoms. The van der Waals surface area contributed by atoms with Crippen LogP contribution in [0.5, 0.6) is 0 Å². The van der Waals surface area contributed by atoms with Crippen molar-refractivity contribution in [2.45, 2.75) is 39.8 Å². The minimum Gasteiger partial charge on any atom is -0.396 e. The Balaban J connectivity index is 1.93. The quantitative estimate of drug-likeness (QED) is 0.633. The largest absolute Gasteiger partial charge is 0.396 e. The molecule has 2 aromatic carbocycles. The highest BCUT2D eigenvalue weighted by molar-refractivity contribution is 5.77. The van der Waals surface area contributed by atoms with Crippen molar-refractivity contribution in [2.75, 3.05) is 6.61 Å². The summed E-state index contributed by atoms with van der Waals surface area (Å²) in [5.41, 5.74) is 3.60. The van der Waals surface area contributed by atoms with Crippen LogP contribution in [-0.4, -0.2) is 27.2 Å². The molecule has 0 radical (unpaired) electrons. The summed E-state index contributed by atoms with van der Waals surface area (Å²) in [7, 11) is 0. The Morgan fingerprint density at radius 3 is 2.40 bits per heavy atom. The summed E-state index contributed by atoms with van der Waals surface area (Å²) in [4.78, 5) is 30.5. The number of aliphatic hydroxyl groups is 1. The lowest BCUT2D eigenvalue weighted by atomic mass is 10.1. The first-order chi connectivity index (χ1) is 14.4. The standard InChI is InChI=1S/C24H27N3O3/c1-16-9-11-19(12-10-16)17(2)25-22(29)15-27-23(20-7-5-4-6-8-20)26-18(3)21(13-14-28)24(27)30/h4-12,17,28H,13-15H2,1-3H3,(H,25,29)/t17-/m1/s1. The van der Waals surface area contributed by atoms with Crippen molar-refractivity contribution >= 4 is 5.91 Å². The van der Waals surface area contributed by atoms with E-state index in [2.05, 4.69) is 10.3 Å². The normalized spacial score (nSPS) is 11.9. The van der Waals surface area contributed by atoms with Crippen LogP contribution in [-0.2, 0) is 17.8 Å². The second-order valence-electron chi connectivity index (χ2n) is 7.43. The summed E-state index contributed by atoms with van der Waals surface area (Å²) in [6.45, 7) is 5.37. The zero-order valence-electron chi connectivity index (χ0n) is 17.6. The lowest BCUT2D eigenvalue weighted by molar-refractivity contribution is -0.122. The van der Waals surface area contributed by atoms with E-state index in [1.54, 1.807) is 6.92 Å². The maximum absolute atomic E-state index is 13.1. The number of benzene rings is 2. The third-order valence-electron chi connectivity index (χ3n) is 5.12. The van der Waals surface area contributed by atoms with Gasteiger partial charge in [-0.05, 0) is 26.3 Å². The van der Waals surface area contributed by atoms with Crippen LogP contribution in [0.2, 0.25) is 0 Å². The second kappa shape index (κ2) is 9.50. The molecule has 0 bridgehead atoms. The third-order valence-corrected chi connectivity index (χ3v) is 5.12. The van der Waals surface area contributed by atoms with Crippen molar-refractivity contribution < 1.29 is 9.90 Å². The maximum Gasteiger partial charge on any atom is 0.257 e. The minimum absolute atomic E-state index is 0.148. The van der Waals surface area contributed by atoms with Gasteiger partial charge >= 0.3 is 0 Å². The summed E-state index contributed by atoms with van der Waals surface area (Å²) in [5.74, 6) is 0.167. The van der Waals surface area contributed by atoms with E-state index in [-0.39, 0.29) is 37.1 Å². The molecule has 1 amide bonds. The Bertz CT molecular complexity index is 1070. The van der Waals surface area contributed by atoms with Crippen LogP contribution in [0, 0.1) is 13.8 Å².